The van der Waals surface area contributed by atoms with Crippen LogP contribution in [0.4, 0.5) is 0 Å². The molecular weight excluding hydrogens is 292 g/mol. The van der Waals surface area contributed by atoms with Crippen molar-refractivity contribution >= 4 is 33.4 Å². The lowest BCUT2D eigenvalue weighted by molar-refractivity contribution is -0.119. The molecule has 0 aliphatic carbocycles. The fourth-order valence-corrected chi connectivity index (χ4v) is 2.38. The molecule has 0 atom stereocenters. The fourth-order valence-electron chi connectivity index (χ4n) is 1.25. The van der Waals surface area contributed by atoms with Crippen molar-refractivity contribution in [2.24, 2.45) is 0 Å². The molecule has 1 rings (SSSR count). The van der Waals surface area contributed by atoms with Crippen LogP contribution in [-0.2, 0) is 26.2 Å². The number of carbonyl (C=O) groups is 2. The summed E-state index contributed by atoms with van der Waals surface area (Å²) in [4.78, 5) is 21.7. The minimum atomic E-state index is -3.89. The average molecular weight is 305 g/mol. The van der Waals surface area contributed by atoms with Gasteiger partial charge in [0, 0.05) is 13.5 Å². The number of hydrogen-bond acceptors (Lipinski definition) is 4. The van der Waals surface area contributed by atoms with Crippen molar-refractivity contribution in [1.29, 1.82) is 0 Å². The first-order chi connectivity index (χ1) is 8.85. The molecule has 0 fully saturated rings. The quantitative estimate of drug-likeness (QED) is 0.769. The highest BCUT2D eigenvalue weighted by Gasteiger charge is 2.16. The van der Waals surface area contributed by atoms with Gasteiger partial charge < -0.3 is 5.32 Å². The lowest BCUT2D eigenvalue weighted by Crippen LogP contribution is -2.31. The van der Waals surface area contributed by atoms with Gasteiger partial charge >= 0.3 is 0 Å². The van der Waals surface area contributed by atoms with E-state index in [1.807, 2.05) is 4.72 Å². The Morgan fingerprint density at radius 2 is 1.79 bits per heavy atom. The number of rotatable bonds is 5. The Bertz CT molecular complexity index is 569. The molecule has 2 N–H and O–H groups in total. The van der Waals surface area contributed by atoms with Crippen molar-refractivity contribution in [3.05, 3.63) is 29.8 Å². The number of benzene rings is 1. The largest absolute Gasteiger partial charge is 0.352 e. The van der Waals surface area contributed by atoms with E-state index in [9.17, 15) is 18.0 Å². The monoisotopic (exact) mass is 304 g/mol. The van der Waals surface area contributed by atoms with E-state index in [0.717, 1.165) is 5.56 Å². The number of hydrogen-bond donors (Lipinski definition) is 2. The van der Waals surface area contributed by atoms with Gasteiger partial charge in [-0.05, 0) is 17.7 Å². The zero-order valence-corrected chi connectivity index (χ0v) is 11.7. The molecule has 0 bridgehead atoms. The first kappa shape index (κ1) is 15.5. The zero-order valence-electron chi connectivity index (χ0n) is 10.1. The molecule has 104 valence electrons. The highest BCUT2D eigenvalue weighted by Crippen LogP contribution is 2.10. The Kier molecular flexibility index (Phi) is 5.31. The van der Waals surface area contributed by atoms with E-state index < -0.39 is 21.8 Å². The van der Waals surface area contributed by atoms with Crippen molar-refractivity contribution in [3.8, 4) is 0 Å². The summed E-state index contributed by atoms with van der Waals surface area (Å²) in [5, 5.41) is 2.59. The van der Waals surface area contributed by atoms with E-state index in [0.29, 0.717) is 6.54 Å². The highest BCUT2D eigenvalue weighted by molar-refractivity contribution is 7.90. The van der Waals surface area contributed by atoms with Gasteiger partial charge in [0.2, 0.25) is 11.8 Å². The van der Waals surface area contributed by atoms with Gasteiger partial charge in [-0.3, -0.25) is 9.59 Å². The normalized spacial score (nSPS) is 10.8. The Balaban J connectivity index is 2.80. The second-order valence-electron chi connectivity index (χ2n) is 3.72. The van der Waals surface area contributed by atoms with Gasteiger partial charge in [-0.25, -0.2) is 13.1 Å². The SMILES string of the molecule is CC(=O)NCc1ccc(S(=O)(=O)NC(=O)CCl)cc1. The van der Waals surface area contributed by atoms with Crippen molar-refractivity contribution in [1.82, 2.24) is 10.0 Å². The van der Waals surface area contributed by atoms with E-state index in [1.165, 1.54) is 19.1 Å². The second-order valence-corrected chi connectivity index (χ2v) is 5.67. The number of amides is 2. The molecule has 6 nitrogen and oxygen atoms in total. The molecule has 0 unspecified atom stereocenters. The maximum atomic E-state index is 11.7. The predicted molar refractivity (Wildman–Crippen MR) is 70.0 cm³/mol. The zero-order chi connectivity index (χ0) is 14.5. The van der Waals surface area contributed by atoms with Gasteiger partial charge in [-0.1, -0.05) is 12.1 Å². The number of halogens is 1. The molecule has 0 aliphatic rings. The maximum Gasteiger partial charge on any atom is 0.264 e. The van der Waals surface area contributed by atoms with Crippen LogP contribution in [0.25, 0.3) is 0 Å². The van der Waals surface area contributed by atoms with Crippen LogP contribution < -0.4 is 10.0 Å². The molecule has 0 spiro atoms. The van der Waals surface area contributed by atoms with Gasteiger partial charge in [-0.15, -0.1) is 11.6 Å². The number of carbonyl (C=O) groups excluding carboxylic acids is 2. The van der Waals surface area contributed by atoms with E-state index in [1.54, 1.807) is 12.1 Å². The third-order valence-corrected chi connectivity index (χ3v) is 3.78. The van der Waals surface area contributed by atoms with E-state index >= 15 is 0 Å². The Hall–Kier alpha value is -1.60. The van der Waals surface area contributed by atoms with Crippen molar-refractivity contribution in [2.45, 2.75) is 18.4 Å². The Labute approximate surface area is 116 Å². The maximum absolute atomic E-state index is 11.7. The fraction of sp³-hybridized carbons (Fsp3) is 0.273. The molecule has 0 saturated heterocycles. The molecule has 0 radical (unpaired) electrons. The smallest absolute Gasteiger partial charge is 0.264 e. The van der Waals surface area contributed by atoms with Crippen molar-refractivity contribution in [3.63, 3.8) is 0 Å². The van der Waals surface area contributed by atoms with Gasteiger partial charge in [-0.2, -0.15) is 0 Å². The minimum absolute atomic E-state index is 0.0439. The van der Waals surface area contributed by atoms with Crippen molar-refractivity contribution in [2.75, 3.05) is 5.88 Å². The standard InChI is InChI=1S/C11H13ClN2O4S/c1-8(15)13-7-9-2-4-10(5-3-9)19(17,18)14-11(16)6-12/h2-5H,6-7H2,1H3,(H,13,15)(H,14,16). The topological polar surface area (TPSA) is 92.3 Å². The predicted octanol–water partition coefficient (Wildman–Crippen LogP) is 0.366. The van der Waals surface area contributed by atoms with Crippen LogP contribution in [0.1, 0.15) is 12.5 Å². The number of sulfonamides is 1. The summed E-state index contributed by atoms with van der Waals surface area (Å²) >= 11 is 5.22. The molecule has 8 heteroatoms. The molecule has 0 aliphatic heterocycles. The van der Waals surface area contributed by atoms with Crippen molar-refractivity contribution < 1.29 is 18.0 Å². The summed E-state index contributed by atoms with van der Waals surface area (Å²) in [7, 11) is -3.89. The number of nitrogens with one attached hydrogen (secondary N) is 2. The lowest BCUT2D eigenvalue weighted by atomic mass is 10.2. The molecule has 0 heterocycles. The summed E-state index contributed by atoms with van der Waals surface area (Å²) in [6, 6.07) is 5.80. The summed E-state index contributed by atoms with van der Waals surface area (Å²) < 4.78 is 25.3. The molecule has 0 aromatic heterocycles. The summed E-state index contributed by atoms with van der Waals surface area (Å²) in [5.74, 6) is -1.39. The highest BCUT2D eigenvalue weighted by atomic mass is 35.5. The third kappa shape index (κ3) is 4.88. The molecule has 19 heavy (non-hydrogen) atoms. The van der Waals surface area contributed by atoms with Gasteiger partial charge in [0.05, 0.1) is 4.90 Å². The summed E-state index contributed by atoms with van der Waals surface area (Å²) in [6.07, 6.45) is 0. The molecule has 1 aromatic carbocycles. The van der Waals surface area contributed by atoms with E-state index in [2.05, 4.69) is 5.32 Å². The molecule has 2 amide bonds. The van der Waals surface area contributed by atoms with Crippen LogP contribution in [0.3, 0.4) is 0 Å². The Morgan fingerprint density at radius 1 is 1.21 bits per heavy atom. The third-order valence-electron chi connectivity index (χ3n) is 2.14. The second kappa shape index (κ2) is 6.53. The molecule has 1 aromatic rings. The molecule has 0 saturated carbocycles. The van der Waals surface area contributed by atoms with Crippen LogP contribution in [0.2, 0.25) is 0 Å². The first-order valence-electron chi connectivity index (χ1n) is 5.30. The average Bonchev–Trinajstić information content (AvgIpc) is 2.36. The first-order valence-corrected chi connectivity index (χ1v) is 7.32. The van der Waals surface area contributed by atoms with Crippen LogP contribution in [0.5, 0.6) is 0 Å². The number of alkyl halides is 1. The lowest BCUT2D eigenvalue weighted by Gasteiger charge is -2.07. The summed E-state index contributed by atoms with van der Waals surface area (Å²) in [5.41, 5.74) is 0.748. The van der Waals surface area contributed by atoms with Crippen LogP contribution >= 0.6 is 11.6 Å². The van der Waals surface area contributed by atoms with Gasteiger partial charge in [0.15, 0.2) is 0 Å². The van der Waals surface area contributed by atoms with Gasteiger partial charge in [0.1, 0.15) is 5.88 Å². The Morgan fingerprint density at radius 3 is 2.26 bits per heavy atom. The van der Waals surface area contributed by atoms with Gasteiger partial charge in [0.25, 0.3) is 10.0 Å². The minimum Gasteiger partial charge on any atom is -0.352 e. The van der Waals surface area contributed by atoms with Crippen LogP contribution in [-0.4, -0.2) is 26.1 Å². The summed E-state index contributed by atoms with van der Waals surface area (Å²) in [6.45, 7) is 1.70. The van der Waals surface area contributed by atoms with E-state index in [-0.39, 0.29) is 10.8 Å². The van der Waals surface area contributed by atoms with E-state index in [4.69, 9.17) is 11.6 Å². The molecular formula is C11H13ClN2O4S. The van der Waals surface area contributed by atoms with Crippen LogP contribution in [0.15, 0.2) is 29.2 Å². The van der Waals surface area contributed by atoms with Crippen LogP contribution in [0, 0.1) is 0 Å².